The number of rotatable bonds is 11. The van der Waals surface area contributed by atoms with Gasteiger partial charge in [-0.05, 0) is 97.2 Å². The topological polar surface area (TPSA) is 166 Å². The Morgan fingerprint density at radius 2 is 1.04 bits per heavy atom. The van der Waals surface area contributed by atoms with Crippen molar-refractivity contribution in [1.29, 1.82) is 0 Å². The third kappa shape index (κ3) is 15.9. The molecule has 2 aromatic carbocycles. The number of likely N-dealkylation sites (N-methyl/N-ethyl adjacent to an activating group) is 2. The van der Waals surface area contributed by atoms with Crippen molar-refractivity contribution in [1.82, 2.24) is 16.0 Å². The normalized spacial score (nSPS) is 12.4. The molecule has 2 rings (SSSR count). The van der Waals surface area contributed by atoms with Gasteiger partial charge in [0.05, 0.1) is 17.2 Å². The largest absolute Gasteiger partial charge is 0.456 e. The smallest absolute Gasteiger partial charge is 0.338 e. The molecule has 11 nitrogen and oxygen atoms in total. The molecule has 2 aromatic rings. The Labute approximate surface area is 267 Å². The second-order valence-electron chi connectivity index (χ2n) is 12.5. The zero-order valence-electron chi connectivity index (χ0n) is 28.0. The van der Waals surface area contributed by atoms with Gasteiger partial charge in [-0.1, -0.05) is 24.3 Å². The van der Waals surface area contributed by atoms with E-state index >= 15 is 0 Å². The van der Waals surface area contributed by atoms with E-state index in [-0.39, 0.29) is 23.7 Å². The van der Waals surface area contributed by atoms with E-state index in [1.54, 1.807) is 48.5 Å². The van der Waals surface area contributed by atoms with Crippen LogP contribution in [0.15, 0.2) is 48.5 Å². The van der Waals surface area contributed by atoms with Gasteiger partial charge < -0.3 is 31.2 Å². The highest BCUT2D eigenvalue weighted by molar-refractivity contribution is 5.90. The van der Waals surface area contributed by atoms with Crippen molar-refractivity contribution >= 4 is 29.7 Å². The Morgan fingerprint density at radius 3 is 1.40 bits per heavy atom. The molecule has 3 amide bonds. The van der Waals surface area contributed by atoms with Crippen LogP contribution in [0.25, 0.3) is 0 Å². The van der Waals surface area contributed by atoms with Crippen molar-refractivity contribution in [3.8, 4) is 0 Å². The minimum Gasteiger partial charge on any atom is -0.456 e. The zero-order chi connectivity index (χ0) is 34.4. The Bertz CT molecular complexity index is 1280. The average Bonchev–Trinajstić information content (AvgIpc) is 2.92. The molecular formula is C34H50N4O7. The van der Waals surface area contributed by atoms with Crippen molar-refractivity contribution in [2.24, 2.45) is 5.73 Å². The fourth-order valence-electron chi connectivity index (χ4n) is 3.87. The summed E-state index contributed by atoms with van der Waals surface area (Å²) in [6.45, 7) is 17.0. The standard InChI is InChI=1S/C18H26N2O4.C16H24N2O3/c1-6-19-16(22)15(20-12(2)21)11-13-7-9-14(10-8-13)17(23)24-18(3,4)5;1-5-18-14(19)13(17)10-11-6-8-12(9-7-11)15(20)21-16(2,3)4/h7-10,15H,6,11H2,1-5H3,(H,19,22)(H,20,21);6-9,13H,5,10,17H2,1-4H3,(H,18,19)/t15-;13-/m00/s1. The summed E-state index contributed by atoms with van der Waals surface area (Å²) < 4.78 is 10.6. The molecule has 0 saturated carbocycles. The summed E-state index contributed by atoms with van der Waals surface area (Å²) in [6.07, 6.45) is 0.778. The summed E-state index contributed by atoms with van der Waals surface area (Å²) >= 11 is 0. The number of hydrogen-bond acceptors (Lipinski definition) is 8. The number of nitrogens with one attached hydrogen (secondary N) is 3. The summed E-state index contributed by atoms with van der Waals surface area (Å²) in [5.41, 5.74) is 7.42. The van der Waals surface area contributed by atoms with Gasteiger partial charge in [0.15, 0.2) is 0 Å². The van der Waals surface area contributed by atoms with Crippen LogP contribution in [-0.2, 0) is 36.7 Å². The molecule has 11 heteroatoms. The number of carbonyl (C=O) groups is 5. The van der Waals surface area contributed by atoms with Crippen LogP contribution in [-0.4, -0.2) is 66.0 Å². The van der Waals surface area contributed by atoms with Crippen LogP contribution in [0.5, 0.6) is 0 Å². The molecule has 248 valence electrons. The molecule has 45 heavy (non-hydrogen) atoms. The lowest BCUT2D eigenvalue weighted by molar-refractivity contribution is -0.128. The van der Waals surface area contributed by atoms with E-state index in [0.717, 1.165) is 11.1 Å². The molecule has 0 heterocycles. The summed E-state index contributed by atoms with van der Waals surface area (Å²) in [7, 11) is 0. The van der Waals surface area contributed by atoms with Crippen LogP contribution < -0.4 is 21.7 Å². The maximum atomic E-state index is 12.0. The highest BCUT2D eigenvalue weighted by Gasteiger charge is 2.21. The summed E-state index contributed by atoms with van der Waals surface area (Å²) in [5.74, 6) is -1.42. The van der Waals surface area contributed by atoms with Gasteiger partial charge in [-0.25, -0.2) is 9.59 Å². The predicted molar refractivity (Wildman–Crippen MR) is 174 cm³/mol. The Kier molecular flexibility index (Phi) is 15.4. The first-order valence-corrected chi connectivity index (χ1v) is 15.1. The first-order valence-electron chi connectivity index (χ1n) is 15.1. The van der Waals surface area contributed by atoms with Crippen molar-refractivity contribution < 1.29 is 33.4 Å². The van der Waals surface area contributed by atoms with Crippen LogP contribution in [0, 0.1) is 0 Å². The molecule has 0 aliphatic rings. The van der Waals surface area contributed by atoms with Crippen LogP contribution in [0.1, 0.15) is 94.2 Å². The SMILES string of the molecule is CCNC(=O)[C@@H](N)Cc1ccc(C(=O)OC(C)(C)C)cc1.CCNC(=O)[C@H](Cc1ccc(C(=O)OC(C)(C)C)cc1)NC(C)=O. The molecule has 0 unspecified atom stereocenters. The molecule has 0 bridgehead atoms. The molecule has 5 N–H and O–H groups in total. The minimum atomic E-state index is -0.644. The van der Waals surface area contributed by atoms with Gasteiger partial charge in [0, 0.05) is 26.4 Å². The average molecular weight is 627 g/mol. The van der Waals surface area contributed by atoms with E-state index in [1.807, 2.05) is 55.4 Å². The Hall–Kier alpha value is -4.25. The summed E-state index contributed by atoms with van der Waals surface area (Å²) in [6, 6.07) is 12.6. The Balaban J connectivity index is 0.000000454. The van der Waals surface area contributed by atoms with Gasteiger partial charge in [-0.2, -0.15) is 0 Å². The number of carbonyl (C=O) groups excluding carboxylic acids is 5. The predicted octanol–water partition coefficient (Wildman–Crippen LogP) is 3.47. The van der Waals surface area contributed by atoms with Gasteiger partial charge in [-0.15, -0.1) is 0 Å². The number of benzene rings is 2. The van der Waals surface area contributed by atoms with Crippen molar-refractivity contribution in [3.05, 3.63) is 70.8 Å². The highest BCUT2D eigenvalue weighted by atomic mass is 16.6. The van der Waals surface area contributed by atoms with Crippen molar-refractivity contribution in [3.63, 3.8) is 0 Å². The molecular weight excluding hydrogens is 576 g/mol. The first kappa shape index (κ1) is 38.8. The van der Waals surface area contributed by atoms with E-state index in [9.17, 15) is 24.0 Å². The fourth-order valence-corrected chi connectivity index (χ4v) is 3.87. The molecule has 0 radical (unpaired) electrons. The van der Waals surface area contributed by atoms with Gasteiger partial charge in [0.2, 0.25) is 17.7 Å². The number of ether oxygens (including phenoxy) is 2. The third-order valence-electron chi connectivity index (χ3n) is 5.81. The lowest BCUT2D eigenvalue weighted by Gasteiger charge is -2.20. The number of esters is 2. The second kappa shape index (κ2) is 17.9. The Morgan fingerprint density at radius 1 is 0.667 bits per heavy atom. The quantitative estimate of drug-likeness (QED) is 0.275. The van der Waals surface area contributed by atoms with Crippen LogP contribution in [0.3, 0.4) is 0 Å². The van der Waals surface area contributed by atoms with Gasteiger partial charge in [-0.3, -0.25) is 14.4 Å². The molecule has 0 aliphatic carbocycles. The lowest BCUT2D eigenvalue weighted by atomic mass is 10.0. The number of amides is 3. The zero-order valence-corrected chi connectivity index (χ0v) is 28.0. The maximum absolute atomic E-state index is 12.0. The van der Waals surface area contributed by atoms with Crippen molar-refractivity contribution in [2.45, 2.75) is 98.4 Å². The van der Waals surface area contributed by atoms with Crippen molar-refractivity contribution in [2.75, 3.05) is 13.1 Å². The number of nitrogens with two attached hydrogens (primary N) is 1. The monoisotopic (exact) mass is 626 g/mol. The van der Waals surface area contributed by atoms with E-state index in [1.165, 1.54) is 6.92 Å². The minimum absolute atomic E-state index is 0.172. The fraction of sp³-hybridized carbons (Fsp3) is 0.500. The lowest BCUT2D eigenvalue weighted by Crippen LogP contribution is -2.47. The molecule has 0 aliphatic heterocycles. The molecule has 0 saturated heterocycles. The van der Waals surface area contributed by atoms with Crippen LogP contribution >= 0.6 is 0 Å². The van der Waals surface area contributed by atoms with E-state index in [2.05, 4.69) is 16.0 Å². The molecule has 0 spiro atoms. The summed E-state index contributed by atoms with van der Waals surface area (Å²) in [5, 5.41) is 8.02. The van der Waals surface area contributed by atoms with E-state index < -0.39 is 29.3 Å². The van der Waals surface area contributed by atoms with Crippen LogP contribution in [0.2, 0.25) is 0 Å². The first-order chi connectivity index (χ1) is 20.8. The van der Waals surface area contributed by atoms with Gasteiger partial charge in [0.1, 0.15) is 17.2 Å². The number of hydrogen-bond donors (Lipinski definition) is 4. The highest BCUT2D eigenvalue weighted by Crippen LogP contribution is 2.15. The molecule has 0 aromatic heterocycles. The van der Waals surface area contributed by atoms with Crippen LogP contribution in [0.4, 0.5) is 0 Å². The van der Waals surface area contributed by atoms with E-state index in [4.69, 9.17) is 15.2 Å². The second-order valence-corrected chi connectivity index (χ2v) is 12.5. The maximum Gasteiger partial charge on any atom is 0.338 e. The van der Waals surface area contributed by atoms with Gasteiger partial charge in [0.25, 0.3) is 0 Å². The van der Waals surface area contributed by atoms with Gasteiger partial charge >= 0.3 is 11.9 Å². The summed E-state index contributed by atoms with van der Waals surface area (Å²) in [4.78, 5) is 58.7. The van der Waals surface area contributed by atoms with E-state index in [0.29, 0.717) is 37.1 Å². The third-order valence-corrected chi connectivity index (χ3v) is 5.81. The molecule has 0 fully saturated rings. The molecule has 2 atom stereocenters.